The van der Waals surface area contributed by atoms with E-state index in [0.717, 1.165) is 19.3 Å². The summed E-state index contributed by atoms with van der Waals surface area (Å²) in [5.41, 5.74) is 0. The number of hydrogen-bond donors (Lipinski definition) is 0. The second kappa shape index (κ2) is 28.3. The highest BCUT2D eigenvalue weighted by molar-refractivity contribution is 8.30. The molecule has 0 radical (unpaired) electrons. The van der Waals surface area contributed by atoms with Crippen LogP contribution in [0.3, 0.4) is 0 Å². The first-order chi connectivity index (χ1) is 17.5. The molecule has 2 unspecified atom stereocenters. The molecule has 2 atom stereocenters. The third kappa shape index (κ3) is 28.9. The fourth-order valence-electron chi connectivity index (χ4n) is 5.09. The Morgan fingerprint density at radius 3 is 1.11 bits per heavy atom. The van der Waals surface area contributed by atoms with E-state index in [1.165, 1.54) is 154 Å². The molecule has 218 valence electrons. The molecule has 0 rings (SSSR count). The molecule has 0 spiro atoms. The molecule has 0 saturated carbocycles. The standard InChI is InChI=1S/C32H66O2S2/c1-4-6-8-10-12-14-16-18-19-21-23-25-27-29-31-36(33,35)34-32(3)30-28-26-24-22-20-17-15-13-11-9-7-5-2/h32H,4-31H2,1-3H3. The van der Waals surface area contributed by atoms with Gasteiger partial charge in [0.2, 0.25) is 0 Å². The third-order valence-corrected chi connectivity index (χ3v) is 9.67. The van der Waals surface area contributed by atoms with Gasteiger partial charge in [0.15, 0.2) is 0 Å². The van der Waals surface area contributed by atoms with E-state index in [0.29, 0.717) is 5.75 Å². The average Bonchev–Trinajstić information content (AvgIpc) is 2.84. The van der Waals surface area contributed by atoms with Crippen LogP contribution in [0.15, 0.2) is 0 Å². The van der Waals surface area contributed by atoms with E-state index in [4.69, 9.17) is 15.4 Å². The Balaban J connectivity index is 3.44. The summed E-state index contributed by atoms with van der Waals surface area (Å²) >= 11 is 5.31. The smallest absolute Gasteiger partial charge is 0.144 e. The zero-order chi connectivity index (χ0) is 26.6. The Hall–Kier alpha value is 0.330. The Morgan fingerprint density at radius 1 is 0.500 bits per heavy atom. The first-order valence-electron chi connectivity index (χ1n) is 16.4. The van der Waals surface area contributed by atoms with Gasteiger partial charge in [-0.15, -0.1) is 0 Å². The van der Waals surface area contributed by atoms with Crippen molar-refractivity contribution in [3.63, 3.8) is 0 Å². The molecule has 0 aliphatic rings. The zero-order valence-corrected chi connectivity index (χ0v) is 26.6. The number of unbranched alkanes of at least 4 members (excludes halogenated alkanes) is 24. The highest BCUT2D eigenvalue weighted by Crippen LogP contribution is 2.16. The summed E-state index contributed by atoms with van der Waals surface area (Å²) in [5, 5.41) is 0. The van der Waals surface area contributed by atoms with Gasteiger partial charge >= 0.3 is 0 Å². The molecule has 0 aliphatic carbocycles. The summed E-state index contributed by atoms with van der Waals surface area (Å²) in [5.74, 6) is 0.559. The third-order valence-electron chi connectivity index (χ3n) is 7.52. The summed E-state index contributed by atoms with van der Waals surface area (Å²) in [7, 11) is -2.53. The minimum absolute atomic E-state index is 0.0322. The summed E-state index contributed by atoms with van der Waals surface area (Å²) in [6.45, 7) is 6.62. The molecule has 0 aromatic carbocycles. The van der Waals surface area contributed by atoms with Gasteiger partial charge in [-0.1, -0.05) is 174 Å². The SMILES string of the molecule is CCCCCCCCCCCCCCCCS(=O)(=S)OC(C)CCCCCCCCCCCCCC. The molecule has 4 heteroatoms. The van der Waals surface area contributed by atoms with Crippen LogP contribution in [0.4, 0.5) is 0 Å². The van der Waals surface area contributed by atoms with Gasteiger partial charge < -0.3 is 0 Å². The second-order valence-electron chi connectivity index (χ2n) is 11.4. The largest absolute Gasteiger partial charge is 0.287 e. The first kappa shape index (κ1) is 36.3. The van der Waals surface area contributed by atoms with Gasteiger partial charge in [-0.25, -0.2) is 4.21 Å². The van der Waals surface area contributed by atoms with E-state index < -0.39 is 8.77 Å². The monoisotopic (exact) mass is 546 g/mol. The van der Waals surface area contributed by atoms with Crippen LogP contribution in [0, 0.1) is 0 Å². The Kier molecular flexibility index (Phi) is 28.6. The molecule has 0 bridgehead atoms. The van der Waals surface area contributed by atoms with Gasteiger partial charge in [0.05, 0.1) is 11.9 Å². The molecular weight excluding hydrogens is 480 g/mol. The molecule has 0 aromatic rings. The molecule has 2 nitrogen and oxygen atoms in total. The van der Waals surface area contributed by atoms with Gasteiger partial charge in [0, 0.05) is 11.2 Å². The highest BCUT2D eigenvalue weighted by Gasteiger charge is 2.12. The van der Waals surface area contributed by atoms with Crippen molar-refractivity contribution in [2.24, 2.45) is 0 Å². The van der Waals surface area contributed by atoms with Crippen molar-refractivity contribution in [3.8, 4) is 0 Å². The van der Waals surface area contributed by atoms with Crippen LogP contribution >= 0.6 is 0 Å². The zero-order valence-electron chi connectivity index (χ0n) is 25.0. The summed E-state index contributed by atoms with van der Waals surface area (Å²) in [6, 6.07) is 0. The van der Waals surface area contributed by atoms with E-state index in [1.54, 1.807) is 0 Å². The maximum Gasteiger partial charge on any atom is 0.144 e. The maximum atomic E-state index is 12.6. The van der Waals surface area contributed by atoms with Gasteiger partial charge in [-0.3, -0.25) is 4.18 Å². The second-order valence-corrected chi connectivity index (χ2v) is 14.7. The first-order valence-corrected chi connectivity index (χ1v) is 19.0. The van der Waals surface area contributed by atoms with Gasteiger partial charge in [-0.05, 0) is 19.8 Å². The van der Waals surface area contributed by atoms with Crippen LogP contribution in [0.5, 0.6) is 0 Å². The van der Waals surface area contributed by atoms with Gasteiger partial charge in [0.25, 0.3) is 0 Å². The van der Waals surface area contributed by atoms with Crippen LogP contribution in [0.2, 0.25) is 0 Å². The Morgan fingerprint density at radius 2 is 0.778 bits per heavy atom. The molecule has 36 heavy (non-hydrogen) atoms. The minimum Gasteiger partial charge on any atom is -0.287 e. The molecule has 0 fully saturated rings. The van der Waals surface area contributed by atoms with Crippen LogP contribution in [-0.4, -0.2) is 16.1 Å². The van der Waals surface area contributed by atoms with Crippen LogP contribution < -0.4 is 0 Å². The minimum atomic E-state index is -2.53. The normalized spacial score (nSPS) is 14.2. The lowest BCUT2D eigenvalue weighted by atomic mass is 10.0. The molecule has 0 saturated heterocycles. The molecule has 0 aromatic heterocycles. The summed E-state index contributed by atoms with van der Waals surface area (Å²) in [4.78, 5) is 0. The van der Waals surface area contributed by atoms with Gasteiger partial charge in [0.1, 0.15) is 8.77 Å². The predicted octanol–water partition coefficient (Wildman–Crippen LogP) is 11.6. The Labute approximate surface area is 233 Å². The van der Waals surface area contributed by atoms with Crippen molar-refractivity contribution in [1.82, 2.24) is 0 Å². The molecule has 0 amide bonds. The lowest BCUT2D eigenvalue weighted by Crippen LogP contribution is -2.17. The van der Waals surface area contributed by atoms with Crippen LogP contribution in [0.1, 0.15) is 194 Å². The lowest BCUT2D eigenvalue weighted by Gasteiger charge is -2.15. The Bertz CT molecular complexity index is 518. The van der Waals surface area contributed by atoms with Crippen molar-refractivity contribution in [1.29, 1.82) is 0 Å². The van der Waals surface area contributed by atoms with E-state index in [9.17, 15) is 4.21 Å². The summed E-state index contributed by atoms with van der Waals surface area (Å²) < 4.78 is 18.4. The van der Waals surface area contributed by atoms with E-state index in [-0.39, 0.29) is 6.10 Å². The number of hydrogen-bond acceptors (Lipinski definition) is 3. The summed E-state index contributed by atoms with van der Waals surface area (Å²) in [6.07, 6.45) is 36.0. The quantitative estimate of drug-likeness (QED) is 0.0838. The molecule has 0 aliphatic heterocycles. The van der Waals surface area contributed by atoms with E-state index in [1.807, 2.05) is 0 Å². The topological polar surface area (TPSA) is 26.3 Å². The van der Waals surface area contributed by atoms with Crippen molar-refractivity contribution in [2.75, 3.05) is 5.75 Å². The maximum absolute atomic E-state index is 12.6. The van der Waals surface area contributed by atoms with Crippen molar-refractivity contribution >= 4 is 20.0 Å². The molecular formula is C32H66O2S2. The van der Waals surface area contributed by atoms with Crippen molar-refractivity contribution < 1.29 is 8.39 Å². The fraction of sp³-hybridized carbons (Fsp3) is 1.00. The highest BCUT2D eigenvalue weighted by atomic mass is 32.8. The van der Waals surface area contributed by atoms with E-state index in [2.05, 4.69) is 20.8 Å². The van der Waals surface area contributed by atoms with Crippen LogP contribution in [0.25, 0.3) is 0 Å². The molecule has 0 heterocycles. The average molecular weight is 547 g/mol. The lowest BCUT2D eigenvalue weighted by molar-refractivity contribution is 0.228. The van der Waals surface area contributed by atoms with Crippen LogP contribution in [-0.2, 0) is 24.1 Å². The van der Waals surface area contributed by atoms with Crippen molar-refractivity contribution in [3.05, 3.63) is 0 Å². The van der Waals surface area contributed by atoms with E-state index >= 15 is 0 Å². The fourth-order valence-corrected chi connectivity index (χ4v) is 7.10. The van der Waals surface area contributed by atoms with Gasteiger partial charge in [-0.2, -0.15) is 0 Å². The van der Waals surface area contributed by atoms with Crippen molar-refractivity contribution in [2.45, 2.75) is 200 Å². The number of rotatable bonds is 30. The molecule has 0 N–H and O–H groups in total. The predicted molar refractivity (Wildman–Crippen MR) is 167 cm³/mol.